The molecule has 4 heterocycles. The molecule has 0 unspecified atom stereocenters. The molecule has 0 atom stereocenters. The van der Waals surface area contributed by atoms with Crippen molar-refractivity contribution >= 4 is 39.2 Å². The van der Waals surface area contributed by atoms with E-state index in [2.05, 4.69) is 9.97 Å². The molecule has 11 heteroatoms. The summed E-state index contributed by atoms with van der Waals surface area (Å²) in [7, 11) is -2.23. The Morgan fingerprint density at radius 3 is 2.44 bits per heavy atom. The first-order chi connectivity index (χ1) is 19.8. The number of nitrogens with zero attached hydrogens (tertiary/aromatic N) is 5. The maximum Gasteiger partial charge on any atom is 0.269 e. The molecular formula is C30H27N5O5S. The maximum atomic E-state index is 13.4. The number of sulfonamides is 1. The van der Waals surface area contributed by atoms with Gasteiger partial charge in [0.2, 0.25) is 0 Å². The van der Waals surface area contributed by atoms with E-state index in [0.717, 1.165) is 15.4 Å². The van der Waals surface area contributed by atoms with E-state index in [1.807, 2.05) is 30.0 Å². The van der Waals surface area contributed by atoms with Gasteiger partial charge >= 0.3 is 0 Å². The molecule has 208 valence electrons. The maximum absolute atomic E-state index is 13.4. The van der Waals surface area contributed by atoms with Crippen LogP contribution in [0.15, 0.2) is 84.0 Å². The van der Waals surface area contributed by atoms with Crippen molar-refractivity contribution in [3.63, 3.8) is 0 Å². The van der Waals surface area contributed by atoms with E-state index in [4.69, 9.17) is 4.74 Å². The van der Waals surface area contributed by atoms with Crippen LogP contribution in [0.3, 0.4) is 0 Å². The highest BCUT2D eigenvalue weighted by Crippen LogP contribution is 2.38. The number of amides is 2. The number of ether oxygens (including phenoxy) is 1. The summed E-state index contributed by atoms with van der Waals surface area (Å²) in [6.45, 7) is 2.76. The standard InChI is InChI=1S/C30H27N5O5S/c1-3-34-27-24(29(36)33(2)25-10-7-14-31-28(25)34)16-21(18-32-27)13-15-40-22-11-12-26-23(17-22)30(37)35(41(26,38)39)19-20-8-5-4-6-9-20/h4-12,14,16-18H,3,13,15,19H2,1-2H3. The van der Waals surface area contributed by atoms with E-state index in [1.54, 1.807) is 60.7 Å². The van der Waals surface area contributed by atoms with Gasteiger partial charge in [0.15, 0.2) is 5.82 Å². The van der Waals surface area contributed by atoms with Crippen LogP contribution in [0.2, 0.25) is 0 Å². The molecule has 4 aromatic rings. The molecule has 0 radical (unpaired) electrons. The Morgan fingerprint density at radius 1 is 0.854 bits per heavy atom. The Hall–Kier alpha value is -4.77. The molecule has 0 saturated carbocycles. The van der Waals surface area contributed by atoms with Gasteiger partial charge in [-0.2, -0.15) is 0 Å². The summed E-state index contributed by atoms with van der Waals surface area (Å²) in [4.78, 5) is 39.0. The molecule has 0 spiro atoms. The Morgan fingerprint density at radius 2 is 1.66 bits per heavy atom. The SMILES string of the molecule is CCN1c2ncc(CCOc3ccc4c(c3)C(=O)N(Cc3ccccc3)S4(=O)=O)cc2C(=O)N(C)c2cccnc21. The zero-order chi connectivity index (χ0) is 28.7. The van der Waals surface area contributed by atoms with Gasteiger partial charge in [-0.1, -0.05) is 30.3 Å². The van der Waals surface area contributed by atoms with Gasteiger partial charge in [-0.15, -0.1) is 0 Å². The molecule has 0 fully saturated rings. The largest absolute Gasteiger partial charge is 0.493 e. The number of hydrogen-bond acceptors (Lipinski definition) is 8. The fourth-order valence-electron chi connectivity index (χ4n) is 5.10. The first-order valence-electron chi connectivity index (χ1n) is 13.2. The van der Waals surface area contributed by atoms with Gasteiger partial charge in [0, 0.05) is 32.4 Å². The normalized spacial score (nSPS) is 15.3. The number of carbonyl (C=O) groups is 2. The first-order valence-corrected chi connectivity index (χ1v) is 14.6. The first kappa shape index (κ1) is 26.5. The lowest BCUT2D eigenvalue weighted by atomic mass is 10.1. The second-order valence-corrected chi connectivity index (χ2v) is 11.6. The Kier molecular flexibility index (Phi) is 6.66. The number of rotatable bonds is 7. The summed E-state index contributed by atoms with van der Waals surface area (Å²) in [6.07, 6.45) is 3.85. The Balaban J connectivity index is 1.18. The third-order valence-electron chi connectivity index (χ3n) is 7.22. The van der Waals surface area contributed by atoms with Crippen LogP contribution >= 0.6 is 0 Å². The van der Waals surface area contributed by atoms with Crippen LogP contribution in [0, 0.1) is 0 Å². The van der Waals surface area contributed by atoms with Crippen molar-refractivity contribution < 1.29 is 22.7 Å². The van der Waals surface area contributed by atoms with Crippen LogP contribution in [0.4, 0.5) is 17.3 Å². The highest BCUT2D eigenvalue weighted by Gasteiger charge is 2.41. The lowest BCUT2D eigenvalue weighted by Gasteiger charge is -2.22. The number of fused-ring (bicyclic) bond motifs is 3. The molecule has 10 nitrogen and oxygen atoms in total. The summed E-state index contributed by atoms with van der Waals surface area (Å²) in [5, 5.41) is 0. The molecule has 2 aromatic carbocycles. The van der Waals surface area contributed by atoms with E-state index in [-0.39, 0.29) is 29.5 Å². The van der Waals surface area contributed by atoms with Crippen LogP contribution in [0.1, 0.15) is 38.8 Å². The lowest BCUT2D eigenvalue weighted by Crippen LogP contribution is -2.29. The third-order valence-corrected chi connectivity index (χ3v) is 9.00. The van der Waals surface area contributed by atoms with Crippen molar-refractivity contribution in [2.45, 2.75) is 24.8 Å². The van der Waals surface area contributed by atoms with Crippen LogP contribution in [0.5, 0.6) is 5.75 Å². The van der Waals surface area contributed by atoms with E-state index in [1.165, 1.54) is 12.1 Å². The summed E-state index contributed by atoms with van der Waals surface area (Å²) in [6, 6.07) is 18.9. The van der Waals surface area contributed by atoms with Gasteiger partial charge in [0.1, 0.15) is 16.5 Å². The van der Waals surface area contributed by atoms with Crippen molar-refractivity contribution in [3.8, 4) is 5.75 Å². The third kappa shape index (κ3) is 4.57. The molecule has 41 heavy (non-hydrogen) atoms. The molecule has 0 bridgehead atoms. The Bertz CT molecular complexity index is 1780. The highest BCUT2D eigenvalue weighted by molar-refractivity contribution is 7.90. The molecule has 0 saturated heterocycles. The van der Waals surface area contributed by atoms with Gasteiger partial charge < -0.3 is 14.5 Å². The number of anilines is 3. The van der Waals surface area contributed by atoms with E-state index in [9.17, 15) is 18.0 Å². The zero-order valence-corrected chi connectivity index (χ0v) is 23.3. The van der Waals surface area contributed by atoms with Crippen molar-refractivity contribution in [2.24, 2.45) is 0 Å². The zero-order valence-electron chi connectivity index (χ0n) is 22.5. The predicted octanol–water partition coefficient (Wildman–Crippen LogP) is 4.19. The van der Waals surface area contributed by atoms with Crippen LogP contribution in [-0.4, -0.2) is 54.7 Å². The topological polar surface area (TPSA) is 113 Å². The lowest BCUT2D eigenvalue weighted by molar-refractivity contribution is 0.0864. The van der Waals surface area contributed by atoms with Crippen LogP contribution < -0.4 is 14.5 Å². The molecule has 6 rings (SSSR count). The van der Waals surface area contributed by atoms with Crippen molar-refractivity contribution in [3.05, 3.63) is 101 Å². The number of carbonyl (C=O) groups excluding carboxylic acids is 2. The molecule has 2 amide bonds. The van der Waals surface area contributed by atoms with Crippen molar-refractivity contribution in [1.29, 1.82) is 0 Å². The number of aromatic nitrogens is 2. The minimum Gasteiger partial charge on any atom is -0.493 e. The van der Waals surface area contributed by atoms with Gasteiger partial charge in [-0.3, -0.25) is 9.59 Å². The molecule has 2 aliphatic heterocycles. The summed E-state index contributed by atoms with van der Waals surface area (Å²) >= 11 is 0. The quantitative estimate of drug-likeness (QED) is 0.326. The molecule has 2 aromatic heterocycles. The smallest absolute Gasteiger partial charge is 0.269 e. The van der Waals surface area contributed by atoms with Gasteiger partial charge in [0.25, 0.3) is 21.8 Å². The minimum absolute atomic E-state index is 0.0284. The molecule has 0 N–H and O–H groups in total. The highest BCUT2D eigenvalue weighted by atomic mass is 32.2. The van der Waals surface area contributed by atoms with Crippen LogP contribution in [-0.2, 0) is 23.0 Å². The fourth-order valence-corrected chi connectivity index (χ4v) is 6.64. The second-order valence-electron chi connectivity index (χ2n) is 9.73. The summed E-state index contributed by atoms with van der Waals surface area (Å²) in [5.74, 6) is 0.835. The molecular weight excluding hydrogens is 542 g/mol. The average molecular weight is 570 g/mol. The van der Waals surface area contributed by atoms with E-state index >= 15 is 0 Å². The number of hydrogen-bond donors (Lipinski definition) is 0. The molecule has 0 aliphatic carbocycles. The van der Waals surface area contributed by atoms with E-state index in [0.29, 0.717) is 41.6 Å². The second kappa shape index (κ2) is 10.3. The molecule has 2 aliphatic rings. The monoisotopic (exact) mass is 569 g/mol. The van der Waals surface area contributed by atoms with Crippen molar-refractivity contribution in [2.75, 3.05) is 30.0 Å². The van der Waals surface area contributed by atoms with Crippen molar-refractivity contribution in [1.82, 2.24) is 14.3 Å². The van der Waals surface area contributed by atoms with Crippen LogP contribution in [0.25, 0.3) is 0 Å². The average Bonchev–Trinajstić information content (AvgIpc) is 3.12. The van der Waals surface area contributed by atoms with Gasteiger partial charge in [0.05, 0.1) is 30.0 Å². The van der Waals surface area contributed by atoms with E-state index < -0.39 is 15.9 Å². The number of pyridine rings is 2. The minimum atomic E-state index is -3.95. The summed E-state index contributed by atoms with van der Waals surface area (Å²) in [5.41, 5.74) is 2.78. The predicted molar refractivity (Wildman–Crippen MR) is 153 cm³/mol. The Labute approximate surface area is 237 Å². The fraction of sp³-hybridized carbons (Fsp3) is 0.200. The van der Waals surface area contributed by atoms with Gasteiger partial charge in [-0.05, 0) is 54.4 Å². The summed E-state index contributed by atoms with van der Waals surface area (Å²) < 4.78 is 32.9. The number of benzene rings is 2. The van der Waals surface area contributed by atoms with Gasteiger partial charge in [-0.25, -0.2) is 22.7 Å².